The predicted molar refractivity (Wildman–Crippen MR) is 73.7 cm³/mol. The van der Waals surface area contributed by atoms with E-state index in [9.17, 15) is 0 Å². The van der Waals surface area contributed by atoms with Crippen LogP contribution in [0, 0.1) is 6.92 Å². The largest absolute Gasteiger partial charge is 0.383 e. The monoisotopic (exact) mass is 257 g/mol. The molecule has 0 unspecified atom stereocenters. The van der Waals surface area contributed by atoms with E-state index in [2.05, 4.69) is 22.1 Å². The van der Waals surface area contributed by atoms with Gasteiger partial charge in [0.1, 0.15) is 16.7 Å². The molecular formula is C14H15N3S. The summed E-state index contributed by atoms with van der Waals surface area (Å²) in [4.78, 5) is 10.2. The van der Waals surface area contributed by atoms with Gasteiger partial charge in [0.05, 0.1) is 0 Å². The van der Waals surface area contributed by atoms with Crippen molar-refractivity contribution in [2.24, 2.45) is 0 Å². The Labute approximate surface area is 111 Å². The van der Waals surface area contributed by atoms with Crippen molar-refractivity contribution < 1.29 is 0 Å². The second-order valence-corrected chi connectivity index (χ2v) is 5.65. The van der Waals surface area contributed by atoms with Gasteiger partial charge < -0.3 is 5.73 Å². The first-order valence-corrected chi connectivity index (χ1v) is 6.92. The van der Waals surface area contributed by atoms with Crippen LogP contribution in [0.1, 0.15) is 30.1 Å². The van der Waals surface area contributed by atoms with Gasteiger partial charge in [0, 0.05) is 16.4 Å². The van der Waals surface area contributed by atoms with Gasteiger partial charge >= 0.3 is 0 Å². The van der Waals surface area contributed by atoms with Gasteiger partial charge in [-0.05, 0) is 31.9 Å². The Kier molecular flexibility index (Phi) is 2.96. The second kappa shape index (κ2) is 4.61. The van der Waals surface area contributed by atoms with E-state index < -0.39 is 0 Å². The first-order chi connectivity index (χ1) is 8.74. The second-order valence-electron chi connectivity index (χ2n) is 4.59. The van der Waals surface area contributed by atoms with E-state index in [1.807, 2.05) is 25.1 Å². The number of anilines is 1. The third kappa shape index (κ3) is 2.34. The van der Waals surface area contributed by atoms with Crippen LogP contribution in [0.5, 0.6) is 0 Å². The van der Waals surface area contributed by atoms with Gasteiger partial charge in [-0.25, -0.2) is 9.97 Å². The predicted octanol–water partition coefficient (Wildman–Crippen LogP) is 3.40. The highest BCUT2D eigenvalue weighted by Crippen LogP contribution is 2.40. The first-order valence-electron chi connectivity index (χ1n) is 6.11. The third-order valence-electron chi connectivity index (χ3n) is 3.06. The zero-order valence-corrected chi connectivity index (χ0v) is 11.1. The molecule has 1 heterocycles. The third-order valence-corrected chi connectivity index (χ3v) is 4.16. The fraction of sp³-hybridized carbons (Fsp3) is 0.286. The highest BCUT2D eigenvalue weighted by molar-refractivity contribution is 7.99. The van der Waals surface area contributed by atoms with Crippen molar-refractivity contribution in [3.8, 4) is 0 Å². The van der Waals surface area contributed by atoms with Crippen molar-refractivity contribution in [1.82, 2.24) is 9.97 Å². The maximum Gasteiger partial charge on any atom is 0.135 e. The average Bonchev–Trinajstić information content (AvgIpc) is 3.20. The van der Waals surface area contributed by atoms with Crippen LogP contribution in [0.15, 0.2) is 40.3 Å². The van der Waals surface area contributed by atoms with Crippen LogP contribution in [0.3, 0.4) is 0 Å². The molecule has 18 heavy (non-hydrogen) atoms. The summed E-state index contributed by atoms with van der Waals surface area (Å²) in [5.41, 5.74) is 6.96. The molecule has 92 valence electrons. The highest BCUT2D eigenvalue weighted by atomic mass is 32.2. The van der Waals surface area contributed by atoms with Crippen LogP contribution >= 0.6 is 11.8 Å². The van der Waals surface area contributed by atoms with Gasteiger partial charge in [0.2, 0.25) is 0 Å². The lowest BCUT2D eigenvalue weighted by Crippen LogP contribution is -2.03. The summed E-state index contributed by atoms with van der Waals surface area (Å²) < 4.78 is 0. The Balaban J connectivity index is 1.95. The number of nitrogens with zero attached hydrogens (tertiary/aromatic N) is 2. The fourth-order valence-corrected chi connectivity index (χ4v) is 2.67. The first kappa shape index (κ1) is 11.5. The summed E-state index contributed by atoms with van der Waals surface area (Å²) in [6.45, 7) is 1.98. The SMILES string of the molecule is Cc1c(N)nc(C2CC2)nc1Sc1ccccc1. The molecule has 0 spiro atoms. The standard InChI is InChI=1S/C14H15N3S/c1-9-12(15)16-13(10-7-8-10)17-14(9)18-11-5-3-2-4-6-11/h2-6,10H,7-8H2,1H3,(H2,15,16,17). The van der Waals surface area contributed by atoms with Crippen LogP contribution in [0.4, 0.5) is 5.82 Å². The molecule has 0 amide bonds. The Morgan fingerprint density at radius 2 is 1.89 bits per heavy atom. The minimum atomic E-state index is 0.531. The van der Waals surface area contributed by atoms with Crippen molar-refractivity contribution in [3.63, 3.8) is 0 Å². The molecule has 1 aliphatic carbocycles. The lowest BCUT2D eigenvalue weighted by atomic mass is 10.3. The van der Waals surface area contributed by atoms with Gasteiger partial charge in [0.15, 0.2) is 0 Å². The van der Waals surface area contributed by atoms with E-state index in [1.165, 1.54) is 17.7 Å². The van der Waals surface area contributed by atoms with Gasteiger partial charge in [-0.15, -0.1) is 0 Å². The smallest absolute Gasteiger partial charge is 0.135 e. The molecule has 4 heteroatoms. The molecule has 0 saturated heterocycles. The van der Waals surface area contributed by atoms with E-state index >= 15 is 0 Å². The summed E-state index contributed by atoms with van der Waals surface area (Å²) in [7, 11) is 0. The molecule has 3 rings (SSSR count). The Hall–Kier alpha value is -1.55. The fourth-order valence-electron chi connectivity index (χ4n) is 1.75. The summed E-state index contributed by atoms with van der Waals surface area (Å²) in [5.74, 6) is 2.06. The molecule has 1 fully saturated rings. The lowest BCUT2D eigenvalue weighted by Gasteiger charge is -2.09. The normalized spacial score (nSPS) is 14.7. The number of aromatic nitrogens is 2. The Bertz CT molecular complexity index is 565. The maximum absolute atomic E-state index is 5.98. The van der Waals surface area contributed by atoms with E-state index in [4.69, 9.17) is 5.73 Å². The summed E-state index contributed by atoms with van der Waals surface area (Å²) in [5, 5.41) is 0.982. The molecule has 2 aromatic rings. The minimum absolute atomic E-state index is 0.531. The van der Waals surface area contributed by atoms with E-state index in [1.54, 1.807) is 11.8 Å². The van der Waals surface area contributed by atoms with Crippen molar-refractivity contribution >= 4 is 17.6 Å². The molecule has 1 saturated carbocycles. The molecule has 1 aromatic heterocycles. The molecule has 1 aliphatic rings. The van der Waals surface area contributed by atoms with Crippen LogP contribution in [0.2, 0.25) is 0 Å². The van der Waals surface area contributed by atoms with Crippen molar-refractivity contribution in [3.05, 3.63) is 41.7 Å². The summed E-state index contributed by atoms with van der Waals surface area (Å²) in [6.07, 6.45) is 2.38. The van der Waals surface area contributed by atoms with Gasteiger partial charge in [-0.2, -0.15) is 0 Å². The lowest BCUT2D eigenvalue weighted by molar-refractivity contribution is 0.868. The van der Waals surface area contributed by atoms with Crippen LogP contribution < -0.4 is 5.73 Å². The Morgan fingerprint density at radius 3 is 2.56 bits per heavy atom. The molecule has 0 aliphatic heterocycles. The van der Waals surface area contributed by atoms with Crippen molar-refractivity contribution in [1.29, 1.82) is 0 Å². The average molecular weight is 257 g/mol. The zero-order valence-electron chi connectivity index (χ0n) is 10.3. The van der Waals surface area contributed by atoms with Crippen LogP contribution in [0.25, 0.3) is 0 Å². The molecule has 3 nitrogen and oxygen atoms in total. The van der Waals surface area contributed by atoms with Gasteiger partial charge in [-0.3, -0.25) is 0 Å². The van der Waals surface area contributed by atoms with Crippen LogP contribution in [-0.4, -0.2) is 9.97 Å². The molecular weight excluding hydrogens is 242 g/mol. The molecule has 0 radical (unpaired) electrons. The number of nitrogen functional groups attached to an aromatic ring is 1. The van der Waals surface area contributed by atoms with Gasteiger partial charge in [0.25, 0.3) is 0 Å². The summed E-state index contributed by atoms with van der Waals surface area (Å²) in [6, 6.07) is 10.2. The summed E-state index contributed by atoms with van der Waals surface area (Å²) >= 11 is 1.66. The van der Waals surface area contributed by atoms with Gasteiger partial charge in [-0.1, -0.05) is 30.0 Å². The quantitative estimate of drug-likeness (QED) is 0.856. The highest BCUT2D eigenvalue weighted by Gasteiger charge is 2.27. The van der Waals surface area contributed by atoms with E-state index in [0.29, 0.717) is 11.7 Å². The number of rotatable bonds is 3. The topological polar surface area (TPSA) is 51.8 Å². The zero-order chi connectivity index (χ0) is 12.5. The maximum atomic E-state index is 5.98. The number of hydrogen-bond donors (Lipinski definition) is 1. The molecule has 0 atom stereocenters. The van der Waals surface area contributed by atoms with Crippen molar-refractivity contribution in [2.75, 3.05) is 5.73 Å². The molecule has 2 N–H and O–H groups in total. The minimum Gasteiger partial charge on any atom is -0.383 e. The Morgan fingerprint density at radius 1 is 1.17 bits per heavy atom. The van der Waals surface area contributed by atoms with E-state index in [-0.39, 0.29) is 0 Å². The molecule has 1 aromatic carbocycles. The molecule has 0 bridgehead atoms. The number of benzene rings is 1. The van der Waals surface area contributed by atoms with Crippen molar-refractivity contribution in [2.45, 2.75) is 35.6 Å². The number of hydrogen-bond acceptors (Lipinski definition) is 4. The van der Waals surface area contributed by atoms with Crippen LogP contribution in [-0.2, 0) is 0 Å². The number of nitrogens with two attached hydrogens (primary N) is 1. The van der Waals surface area contributed by atoms with E-state index in [0.717, 1.165) is 16.4 Å².